The molecule has 214 valence electrons. The third-order valence-corrected chi connectivity index (χ3v) is 7.43. The Morgan fingerprint density at radius 2 is 1.50 bits per heavy atom. The first-order chi connectivity index (χ1) is 19.1. The van der Waals surface area contributed by atoms with Crippen LogP contribution in [0.5, 0.6) is 5.75 Å². The lowest BCUT2D eigenvalue weighted by atomic mass is 9.94. The number of nitrogens with zero attached hydrogens (tertiary/aromatic N) is 1. The van der Waals surface area contributed by atoms with Crippen molar-refractivity contribution in [2.24, 2.45) is 5.92 Å². The fourth-order valence-electron chi connectivity index (χ4n) is 4.72. The lowest BCUT2D eigenvalue weighted by Gasteiger charge is -2.35. The zero-order chi connectivity index (χ0) is 28.9. The molecule has 2 aromatic carbocycles. The van der Waals surface area contributed by atoms with E-state index >= 15 is 0 Å². The van der Waals surface area contributed by atoms with Gasteiger partial charge in [-0.25, -0.2) is 0 Å². The molecule has 4 unspecified atom stereocenters. The van der Waals surface area contributed by atoms with Gasteiger partial charge in [0.15, 0.2) is 5.78 Å². The number of hydrogen-bond donors (Lipinski definition) is 3. The number of ketones is 1. The molecule has 10 heteroatoms. The molecule has 2 aliphatic heterocycles. The van der Waals surface area contributed by atoms with Crippen molar-refractivity contribution in [3.63, 3.8) is 0 Å². The zero-order valence-corrected chi connectivity index (χ0v) is 23.4. The molecule has 2 fully saturated rings. The van der Waals surface area contributed by atoms with E-state index in [2.05, 4.69) is 16.0 Å². The van der Waals surface area contributed by atoms with E-state index in [1.54, 1.807) is 33.1 Å². The highest BCUT2D eigenvalue weighted by Gasteiger charge is 2.50. The van der Waals surface area contributed by atoms with Gasteiger partial charge in [0.25, 0.3) is 0 Å². The van der Waals surface area contributed by atoms with Crippen LogP contribution in [0.25, 0.3) is 0 Å². The van der Waals surface area contributed by atoms with Gasteiger partial charge in [-0.2, -0.15) is 0 Å². The second-order valence-corrected chi connectivity index (χ2v) is 10.9. The van der Waals surface area contributed by atoms with Gasteiger partial charge in [0, 0.05) is 19.5 Å². The summed E-state index contributed by atoms with van der Waals surface area (Å²) in [6, 6.07) is 13.9. The first kappa shape index (κ1) is 29.2. The Morgan fingerprint density at radius 1 is 0.925 bits per heavy atom. The summed E-state index contributed by atoms with van der Waals surface area (Å²) in [5.74, 6) is -0.888. The first-order valence-electron chi connectivity index (χ1n) is 13.5. The number of amides is 3. The van der Waals surface area contributed by atoms with E-state index < -0.39 is 35.5 Å². The van der Waals surface area contributed by atoms with Gasteiger partial charge in [-0.05, 0) is 50.6 Å². The number of rotatable bonds is 13. The molecule has 0 aromatic heterocycles. The predicted octanol–water partition coefficient (Wildman–Crippen LogP) is 0.874. The topological polar surface area (TPSA) is 129 Å². The maximum absolute atomic E-state index is 13.7. The normalized spacial score (nSPS) is 20.8. The number of Topliss-reactive ketones (excluding diaryl/α,β-unsaturated/α-hetero) is 1. The van der Waals surface area contributed by atoms with E-state index in [4.69, 9.17) is 9.47 Å². The molecule has 10 nitrogen and oxygen atoms in total. The van der Waals surface area contributed by atoms with Crippen LogP contribution in [0, 0.1) is 5.92 Å². The van der Waals surface area contributed by atoms with Gasteiger partial charge in [0.05, 0.1) is 25.7 Å². The fourth-order valence-corrected chi connectivity index (χ4v) is 4.72. The van der Waals surface area contributed by atoms with Crippen LogP contribution in [0.3, 0.4) is 0 Å². The highest BCUT2D eigenvalue weighted by molar-refractivity contribution is 5.98. The van der Waals surface area contributed by atoms with Crippen molar-refractivity contribution >= 4 is 23.5 Å². The molecule has 2 saturated heterocycles. The standard InChI is InChI=1S/C30H38N4O6/c1-19(31-28(37)22-16-34(3)17-22)27(36)33-25(15-21-10-12-23(39-4)13-11-21)29(38)32-24(26(35)30(2)18-40-30)14-20-8-6-5-7-9-20/h5-13,19,22,24-25H,14-18H2,1-4H3,(H,31,37)(H,32,38)(H,33,36). The van der Waals surface area contributed by atoms with E-state index in [9.17, 15) is 19.2 Å². The average molecular weight is 551 g/mol. The Balaban J connectivity index is 1.49. The molecule has 3 amide bonds. The van der Waals surface area contributed by atoms with Crippen LogP contribution in [0.4, 0.5) is 0 Å². The highest BCUT2D eigenvalue weighted by Crippen LogP contribution is 2.29. The average Bonchev–Trinajstić information content (AvgIpc) is 3.69. The minimum Gasteiger partial charge on any atom is -0.497 e. The van der Waals surface area contributed by atoms with E-state index in [1.165, 1.54) is 0 Å². The van der Waals surface area contributed by atoms with Gasteiger partial charge in [0.2, 0.25) is 17.7 Å². The molecule has 0 aliphatic carbocycles. The number of methoxy groups -OCH3 is 1. The summed E-state index contributed by atoms with van der Waals surface area (Å²) in [6.45, 7) is 4.88. The maximum Gasteiger partial charge on any atom is 0.243 e. The third kappa shape index (κ3) is 7.45. The van der Waals surface area contributed by atoms with E-state index in [0.29, 0.717) is 25.4 Å². The van der Waals surface area contributed by atoms with Gasteiger partial charge in [-0.1, -0.05) is 42.5 Å². The van der Waals surface area contributed by atoms with Gasteiger partial charge in [-0.15, -0.1) is 0 Å². The number of benzene rings is 2. The van der Waals surface area contributed by atoms with Gasteiger partial charge in [0.1, 0.15) is 23.4 Å². The second-order valence-electron chi connectivity index (χ2n) is 10.9. The van der Waals surface area contributed by atoms with Crippen molar-refractivity contribution in [2.45, 2.75) is 50.4 Å². The number of nitrogens with one attached hydrogen (secondary N) is 3. The van der Waals surface area contributed by atoms with Crippen LogP contribution in [0.15, 0.2) is 54.6 Å². The van der Waals surface area contributed by atoms with Crippen molar-refractivity contribution in [3.8, 4) is 5.75 Å². The second kappa shape index (κ2) is 12.6. The highest BCUT2D eigenvalue weighted by atomic mass is 16.6. The van der Waals surface area contributed by atoms with Crippen molar-refractivity contribution in [1.82, 2.24) is 20.9 Å². The SMILES string of the molecule is COc1ccc(CC(NC(=O)C(C)NC(=O)C2CN(C)C2)C(=O)NC(Cc2ccccc2)C(=O)C2(C)CO2)cc1. The summed E-state index contributed by atoms with van der Waals surface area (Å²) < 4.78 is 10.6. The summed E-state index contributed by atoms with van der Waals surface area (Å²) in [5.41, 5.74) is 0.744. The molecule has 40 heavy (non-hydrogen) atoms. The lowest BCUT2D eigenvalue weighted by molar-refractivity contribution is -0.135. The molecule has 2 aliphatic rings. The molecule has 2 aromatic rings. The smallest absolute Gasteiger partial charge is 0.243 e. The van der Waals surface area contributed by atoms with Crippen LogP contribution in [0.1, 0.15) is 25.0 Å². The van der Waals surface area contributed by atoms with Crippen LogP contribution >= 0.6 is 0 Å². The van der Waals surface area contributed by atoms with Crippen molar-refractivity contribution in [2.75, 3.05) is 33.9 Å². The van der Waals surface area contributed by atoms with Crippen LogP contribution in [-0.4, -0.2) is 86.0 Å². The number of ether oxygens (including phenoxy) is 2. The van der Waals surface area contributed by atoms with Crippen molar-refractivity contribution in [3.05, 3.63) is 65.7 Å². The predicted molar refractivity (Wildman–Crippen MR) is 149 cm³/mol. The van der Waals surface area contributed by atoms with Crippen LogP contribution < -0.4 is 20.7 Å². The Bertz CT molecular complexity index is 1210. The Morgan fingerprint density at radius 3 is 2.08 bits per heavy atom. The van der Waals surface area contributed by atoms with Gasteiger partial charge >= 0.3 is 0 Å². The third-order valence-electron chi connectivity index (χ3n) is 7.43. The number of hydrogen-bond acceptors (Lipinski definition) is 7. The molecule has 4 rings (SSSR count). The number of likely N-dealkylation sites (tertiary alicyclic amines) is 1. The maximum atomic E-state index is 13.7. The molecular formula is C30H38N4O6. The summed E-state index contributed by atoms with van der Waals surface area (Å²) in [5, 5.41) is 8.42. The number of epoxide rings is 1. The largest absolute Gasteiger partial charge is 0.497 e. The quantitative estimate of drug-likeness (QED) is 0.316. The van der Waals surface area contributed by atoms with Crippen LogP contribution in [0.2, 0.25) is 0 Å². The fraction of sp³-hybridized carbons (Fsp3) is 0.467. The monoisotopic (exact) mass is 550 g/mol. The summed E-state index contributed by atoms with van der Waals surface area (Å²) in [4.78, 5) is 54.6. The van der Waals surface area contributed by atoms with E-state index in [1.807, 2.05) is 54.4 Å². The Kier molecular flexibility index (Phi) is 9.21. The molecule has 4 atom stereocenters. The Hall–Kier alpha value is -3.76. The lowest BCUT2D eigenvalue weighted by Crippen LogP contribution is -2.58. The first-order valence-corrected chi connectivity index (χ1v) is 13.5. The number of carbonyl (C=O) groups is 4. The summed E-state index contributed by atoms with van der Waals surface area (Å²) in [7, 11) is 3.49. The summed E-state index contributed by atoms with van der Waals surface area (Å²) >= 11 is 0. The molecule has 0 bridgehead atoms. The molecule has 3 N–H and O–H groups in total. The van der Waals surface area contributed by atoms with Crippen molar-refractivity contribution in [1.29, 1.82) is 0 Å². The van der Waals surface area contributed by atoms with E-state index in [-0.39, 0.29) is 30.4 Å². The minimum atomic E-state index is -0.992. The van der Waals surface area contributed by atoms with Crippen molar-refractivity contribution < 1.29 is 28.7 Å². The summed E-state index contributed by atoms with van der Waals surface area (Å²) in [6.07, 6.45) is 0.464. The van der Waals surface area contributed by atoms with Gasteiger partial charge < -0.3 is 30.3 Å². The zero-order valence-electron chi connectivity index (χ0n) is 23.4. The molecule has 0 spiro atoms. The van der Waals surface area contributed by atoms with Gasteiger partial charge in [-0.3, -0.25) is 19.2 Å². The molecule has 0 radical (unpaired) electrons. The molecule has 2 heterocycles. The Labute approximate surface area is 234 Å². The molecule has 0 saturated carbocycles. The molecular weight excluding hydrogens is 512 g/mol. The minimum absolute atomic E-state index is 0.158. The van der Waals surface area contributed by atoms with E-state index in [0.717, 1.165) is 11.1 Å². The van der Waals surface area contributed by atoms with Crippen LogP contribution in [-0.2, 0) is 36.8 Å². The number of carbonyl (C=O) groups excluding carboxylic acids is 4.